The highest BCUT2D eigenvalue weighted by Gasteiger charge is 2.27. The van der Waals surface area contributed by atoms with Crippen molar-refractivity contribution in [2.24, 2.45) is 5.92 Å². The molecule has 0 radical (unpaired) electrons. The summed E-state index contributed by atoms with van der Waals surface area (Å²) in [4.78, 5) is 37.5. The maximum Gasteiger partial charge on any atom is 0.326 e. The van der Waals surface area contributed by atoms with Gasteiger partial charge in [0.05, 0.1) is 0 Å². The molecule has 0 saturated carbocycles. The van der Waals surface area contributed by atoms with Crippen molar-refractivity contribution in [1.82, 2.24) is 15.1 Å². The van der Waals surface area contributed by atoms with Gasteiger partial charge in [-0.25, -0.2) is 9.59 Å². The van der Waals surface area contributed by atoms with Crippen LogP contribution in [0.2, 0.25) is 0 Å². The van der Waals surface area contributed by atoms with Crippen LogP contribution in [-0.4, -0.2) is 66.0 Å². The smallest absolute Gasteiger partial charge is 0.326 e. The lowest BCUT2D eigenvalue weighted by Gasteiger charge is -2.26. The van der Waals surface area contributed by atoms with Crippen LogP contribution in [0.15, 0.2) is 0 Å². The summed E-state index contributed by atoms with van der Waals surface area (Å²) in [6, 6.07) is -1.48. The van der Waals surface area contributed by atoms with Gasteiger partial charge in [0.25, 0.3) is 0 Å². The first kappa shape index (κ1) is 18.2. The van der Waals surface area contributed by atoms with Crippen LogP contribution >= 0.6 is 0 Å². The van der Waals surface area contributed by atoms with Gasteiger partial charge in [-0.15, -0.1) is 0 Å². The van der Waals surface area contributed by atoms with Crippen molar-refractivity contribution in [3.8, 4) is 0 Å². The predicted molar refractivity (Wildman–Crippen MR) is 75.4 cm³/mol. The van der Waals surface area contributed by atoms with E-state index in [0.29, 0.717) is 13.0 Å². The molecule has 0 spiro atoms. The zero-order valence-electron chi connectivity index (χ0n) is 12.8. The quantitative estimate of drug-likeness (QED) is 0.717. The molecule has 7 heteroatoms. The Hall–Kier alpha value is -1.79. The van der Waals surface area contributed by atoms with Crippen molar-refractivity contribution >= 4 is 17.9 Å². The number of carboxylic acid groups (broad SMARTS) is 1. The lowest BCUT2D eigenvalue weighted by molar-refractivity contribution is -0.140. The van der Waals surface area contributed by atoms with Gasteiger partial charge in [0.2, 0.25) is 5.91 Å². The van der Waals surface area contributed by atoms with Crippen LogP contribution in [0.1, 0.15) is 27.2 Å². The fraction of sp³-hybridized carbons (Fsp3) is 0.769. The van der Waals surface area contributed by atoms with Gasteiger partial charge in [0, 0.05) is 20.6 Å². The third kappa shape index (κ3) is 5.46. The Morgan fingerprint density at radius 2 is 1.75 bits per heavy atom. The number of hydrogen-bond donors (Lipinski definition) is 2. The topological polar surface area (TPSA) is 90.0 Å². The molecule has 7 nitrogen and oxygen atoms in total. The number of nitrogens with one attached hydrogen (secondary N) is 1. The predicted octanol–water partition coefficient (Wildman–Crippen LogP) is 0.605. The van der Waals surface area contributed by atoms with E-state index in [0.717, 1.165) is 0 Å². The van der Waals surface area contributed by atoms with E-state index in [-0.39, 0.29) is 18.4 Å². The van der Waals surface area contributed by atoms with Gasteiger partial charge >= 0.3 is 12.0 Å². The van der Waals surface area contributed by atoms with Gasteiger partial charge < -0.3 is 20.2 Å². The molecule has 0 rings (SSSR count). The number of rotatable bonds is 7. The van der Waals surface area contributed by atoms with E-state index in [1.807, 2.05) is 6.92 Å². The number of carbonyl (C=O) groups excluding carboxylic acids is 2. The first-order chi connectivity index (χ1) is 9.24. The molecule has 0 aliphatic carbocycles. The average Bonchev–Trinajstić information content (AvgIpc) is 2.39. The molecule has 2 N–H and O–H groups in total. The lowest BCUT2D eigenvalue weighted by Crippen LogP contribution is -2.52. The Bertz CT molecular complexity index is 358. The monoisotopic (exact) mass is 287 g/mol. The van der Waals surface area contributed by atoms with Gasteiger partial charge in [-0.05, 0) is 12.8 Å². The van der Waals surface area contributed by atoms with Crippen molar-refractivity contribution in [2.45, 2.75) is 33.2 Å². The highest BCUT2D eigenvalue weighted by atomic mass is 16.4. The number of carboxylic acids is 1. The molecule has 0 aliphatic rings. The van der Waals surface area contributed by atoms with Crippen LogP contribution < -0.4 is 5.32 Å². The van der Waals surface area contributed by atoms with Crippen molar-refractivity contribution in [3.63, 3.8) is 0 Å². The maximum atomic E-state index is 12.0. The molecule has 0 aliphatic heterocycles. The van der Waals surface area contributed by atoms with Crippen molar-refractivity contribution in [2.75, 3.05) is 27.2 Å². The fourth-order valence-electron chi connectivity index (χ4n) is 1.54. The summed E-state index contributed by atoms with van der Waals surface area (Å²) in [7, 11) is 3.21. The van der Waals surface area contributed by atoms with Gasteiger partial charge in [-0.3, -0.25) is 4.79 Å². The molecular formula is C13H25N3O4. The Labute approximate surface area is 119 Å². The summed E-state index contributed by atoms with van der Waals surface area (Å²) in [5.41, 5.74) is 0. The summed E-state index contributed by atoms with van der Waals surface area (Å²) in [6.45, 7) is 5.63. The Kier molecular flexibility index (Phi) is 7.64. The second kappa shape index (κ2) is 8.39. The summed E-state index contributed by atoms with van der Waals surface area (Å²) in [5, 5.41) is 11.6. The highest BCUT2D eigenvalue weighted by Crippen LogP contribution is 2.08. The van der Waals surface area contributed by atoms with Gasteiger partial charge in [-0.1, -0.05) is 20.3 Å². The number of urea groups is 1. The molecule has 0 aromatic heterocycles. The number of likely N-dealkylation sites (N-methyl/N-ethyl adjacent to an activating group) is 2. The molecule has 0 aromatic rings. The van der Waals surface area contributed by atoms with Crippen molar-refractivity contribution < 1.29 is 19.5 Å². The minimum atomic E-state index is -1.07. The van der Waals surface area contributed by atoms with Gasteiger partial charge in [0.15, 0.2) is 0 Å². The third-order valence-corrected chi connectivity index (χ3v) is 3.25. The van der Waals surface area contributed by atoms with Gasteiger partial charge in [0.1, 0.15) is 12.6 Å². The summed E-state index contributed by atoms with van der Waals surface area (Å²) >= 11 is 0. The zero-order valence-corrected chi connectivity index (χ0v) is 12.8. The van der Waals surface area contributed by atoms with Crippen molar-refractivity contribution in [1.29, 1.82) is 0 Å². The van der Waals surface area contributed by atoms with E-state index >= 15 is 0 Å². The van der Waals surface area contributed by atoms with E-state index in [9.17, 15) is 14.4 Å². The Morgan fingerprint density at radius 1 is 1.20 bits per heavy atom. The van der Waals surface area contributed by atoms with Crippen LogP contribution in [0.5, 0.6) is 0 Å². The normalized spacial score (nSPS) is 13.2. The van der Waals surface area contributed by atoms with E-state index in [4.69, 9.17) is 5.11 Å². The van der Waals surface area contributed by atoms with Crippen LogP contribution in [0, 0.1) is 5.92 Å². The molecule has 0 saturated heterocycles. The number of carbonyl (C=O) groups is 3. The van der Waals surface area contributed by atoms with Gasteiger partial charge in [-0.2, -0.15) is 0 Å². The SMILES string of the molecule is CCC(C)[C@H](NC(=O)N(CC)CC(=O)N(C)C)C(=O)O. The molecule has 1 unspecified atom stereocenters. The summed E-state index contributed by atoms with van der Waals surface area (Å²) in [6.07, 6.45) is 0.639. The van der Waals surface area contributed by atoms with E-state index < -0.39 is 18.0 Å². The number of hydrogen-bond acceptors (Lipinski definition) is 3. The lowest BCUT2D eigenvalue weighted by atomic mass is 9.99. The van der Waals surface area contributed by atoms with E-state index in [1.165, 1.54) is 9.80 Å². The van der Waals surface area contributed by atoms with Crippen LogP contribution in [0.4, 0.5) is 4.79 Å². The maximum absolute atomic E-state index is 12.0. The Balaban J connectivity index is 4.75. The highest BCUT2D eigenvalue weighted by molar-refractivity contribution is 5.86. The number of nitrogens with zero attached hydrogens (tertiary/aromatic N) is 2. The van der Waals surface area contributed by atoms with Crippen LogP contribution in [0.3, 0.4) is 0 Å². The van der Waals surface area contributed by atoms with E-state index in [1.54, 1.807) is 27.9 Å². The first-order valence-electron chi connectivity index (χ1n) is 6.72. The minimum Gasteiger partial charge on any atom is -0.480 e. The third-order valence-electron chi connectivity index (χ3n) is 3.25. The molecular weight excluding hydrogens is 262 g/mol. The van der Waals surface area contributed by atoms with Crippen LogP contribution in [-0.2, 0) is 9.59 Å². The van der Waals surface area contributed by atoms with Crippen LogP contribution in [0.25, 0.3) is 0 Å². The zero-order chi connectivity index (χ0) is 15.9. The van der Waals surface area contributed by atoms with E-state index in [2.05, 4.69) is 5.32 Å². The largest absolute Gasteiger partial charge is 0.480 e. The second-order valence-corrected chi connectivity index (χ2v) is 4.95. The molecule has 0 fully saturated rings. The number of aliphatic carboxylic acids is 1. The molecule has 116 valence electrons. The molecule has 0 aromatic carbocycles. The first-order valence-corrected chi connectivity index (χ1v) is 6.72. The standard InChI is InChI=1S/C13H25N3O4/c1-6-9(3)11(12(18)19)14-13(20)16(7-2)8-10(17)15(4)5/h9,11H,6-8H2,1-5H3,(H,14,20)(H,18,19)/t9?,11-/m0/s1. The Morgan fingerprint density at radius 3 is 2.10 bits per heavy atom. The summed E-state index contributed by atoms with van der Waals surface area (Å²) in [5.74, 6) is -1.46. The summed E-state index contributed by atoms with van der Waals surface area (Å²) < 4.78 is 0. The molecule has 0 bridgehead atoms. The second-order valence-electron chi connectivity index (χ2n) is 4.95. The minimum absolute atomic E-state index is 0.0673. The molecule has 2 atom stereocenters. The fourth-order valence-corrected chi connectivity index (χ4v) is 1.54. The molecule has 0 heterocycles. The molecule has 20 heavy (non-hydrogen) atoms. The molecule has 3 amide bonds. The van der Waals surface area contributed by atoms with Crippen molar-refractivity contribution in [3.05, 3.63) is 0 Å². The number of amides is 3. The average molecular weight is 287 g/mol.